The molecule has 1 aromatic carbocycles. The largest absolute Gasteiger partial charge is 0.462 e. The minimum Gasteiger partial charge on any atom is -0.462 e. The fourth-order valence-electron chi connectivity index (χ4n) is 4.56. The third kappa shape index (κ3) is 2.95. The molecule has 3 aliphatic rings. The van der Waals surface area contributed by atoms with Crippen LogP contribution in [0.2, 0.25) is 0 Å². The van der Waals surface area contributed by atoms with Crippen molar-refractivity contribution in [3.8, 4) is 0 Å². The number of aromatic nitrogens is 1. The molecule has 0 amide bonds. The monoisotopic (exact) mass is 397 g/mol. The number of nitrogens with one attached hydrogen (secondary N) is 1. The zero-order valence-corrected chi connectivity index (χ0v) is 16.4. The van der Waals surface area contributed by atoms with Gasteiger partial charge in [0, 0.05) is 43.5 Å². The minimum atomic E-state index is -0.651. The van der Waals surface area contributed by atoms with E-state index >= 15 is 4.39 Å². The Morgan fingerprint density at radius 1 is 1.34 bits per heavy atom. The maximum absolute atomic E-state index is 15.4. The molecule has 5 rings (SSSR count). The SMILES string of the molecule is CCOC(=O)c1cn(C2CC2)c2c3c(c(F)cc2c1=O)N1CCNC[C@H]1CC=C3. The van der Waals surface area contributed by atoms with Crippen molar-refractivity contribution in [3.63, 3.8) is 0 Å². The van der Waals surface area contributed by atoms with Gasteiger partial charge in [0.05, 0.1) is 23.2 Å². The predicted molar refractivity (Wildman–Crippen MR) is 110 cm³/mol. The molecule has 7 heteroatoms. The molecule has 2 aromatic rings. The lowest BCUT2D eigenvalue weighted by atomic mass is 10.0. The summed E-state index contributed by atoms with van der Waals surface area (Å²) < 4.78 is 22.5. The number of hydrogen-bond acceptors (Lipinski definition) is 5. The highest BCUT2D eigenvalue weighted by molar-refractivity contribution is 5.99. The molecule has 1 aliphatic carbocycles. The number of hydrogen-bond donors (Lipinski definition) is 1. The Bertz CT molecular complexity index is 1090. The summed E-state index contributed by atoms with van der Waals surface area (Å²) in [6.07, 6.45) is 8.40. The molecule has 0 bridgehead atoms. The summed E-state index contributed by atoms with van der Waals surface area (Å²) in [5, 5.41) is 3.62. The second-order valence-electron chi connectivity index (χ2n) is 7.94. The highest BCUT2D eigenvalue weighted by Crippen LogP contribution is 2.42. The Hall–Kier alpha value is -2.67. The number of esters is 1. The molecule has 0 radical (unpaired) electrons. The second-order valence-corrected chi connectivity index (χ2v) is 7.94. The number of carbonyl (C=O) groups excluding carboxylic acids is 1. The fraction of sp³-hybridized carbons (Fsp3) is 0.455. The van der Waals surface area contributed by atoms with E-state index in [0.29, 0.717) is 5.69 Å². The number of halogens is 1. The Kier molecular flexibility index (Phi) is 4.42. The Balaban J connectivity index is 1.81. The van der Waals surface area contributed by atoms with Crippen LogP contribution in [0.4, 0.5) is 10.1 Å². The average molecular weight is 397 g/mol. The number of pyridine rings is 1. The van der Waals surface area contributed by atoms with Gasteiger partial charge in [0.25, 0.3) is 0 Å². The first-order valence-electron chi connectivity index (χ1n) is 10.3. The van der Waals surface area contributed by atoms with Crippen molar-refractivity contribution in [2.45, 2.75) is 38.3 Å². The van der Waals surface area contributed by atoms with Gasteiger partial charge in [-0.25, -0.2) is 9.18 Å². The van der Waals surface area contributed by atoms with Gasteiger partial charge >= 0.3 is 5.97 Å². The van der Waals surface area contributed by atoms with Gasteiger partial charge in [0.15, 0.2) is 0 Å². The van der Waals surface area contributed by atoms with Crippen molar-refractivity contribution in [2.75, 3.05) is 31.1 Å². The molecule has 3 heterocycles. The lowest BCUT2D eigenvalue weighted by Gasteiger charge is -2.38. The topological polar surface area (TPSA) is 63.6 Å². The molecule has 1 saturated heterocycles. The van der Waals surface area contributed by atoms with E-state index in [4.69, 9.17) is 4.74 Å². The molecule has 1 N–H and O–H groups in total. The first-order valence-corrected chi connectivity index (χ1v) is 10.3. The Labute approximate surface area is 167 Å². The lowest BCUT2D eigenvalue weighted by molar-refractivity contribution is 0.0524. The molecule has 6 nitrogen and oxygen atoms in total. The van der Waals surface area contributed by atoms with E-state index in [0.717, 1.165) is 50.0 Å². The van der Waals surface area contributed by atoms with Crippen molar-refractivity contribution in [1.29, 1.82) is 0 Å². The van der Waals surface area contributed by atoms with Gasteiger partial charge in [-0.2, -0.15) is 0 Å². The van der Waals surface area contributed by atoms with Gasteiger partial charge in [-0.3, -0.25) is 4.79 Å². The van der Waals surface area contributed by atoms with E-state index in [2.05, 4.69) is 16.3 Å². The minimum absolute atomic E-state index is 0.0248. The van der Waals surface area contributed by atoms with Crippen molar-refractivity contribution in [2.24, 2.45) is 0 Å². The van der Waals surface area contributed by atoms with Crippen molar-refractivity contribution >= 4 is 28.6 Å². The van der Waals surface area contributed by atoms with Crippen molar-refractivity contribution < 1.29 is 13.9 Å². The molecule has 29 heavy (non-hydrogen) atoms. The first kappa shape index (κ1) is 18.4. The van der Waals surface area contributed by atoms with Crippen LogP contribution in [0.5, 0.6) is 0 Å². The summed E-state index contributed by atoms with van der Waals surface area (Å²) in [6.45, 7) is 4.21. The standard InChI is InChI=1S/C22H24FN3O3/c1-2-29-22(28)17-12-26(13-6-7-13)19-15-5-3-4-14-11-24-8-9-25(14)20(15)18(23)10-16(19)21(17)27/h3,5,10,12-14,24H,2,4,6-9,11H2,1H3/t14-/m1/s1. The molecular formula is C22H24FN3O3. The van der Waals surface area contributed by atoms with Crippen molar-refractivity contribution in [3.05, 3.63) is 45.5 Å². The zero-order chi connectivity index (χ0) is 20.1. The van der Waals surface area contributed by atoms with Crippen molar-refractivity contribution in [1.82, 2.24) is 9.88 Å². The molecule has 2 fully saturated rings. The van der Waals surface area contributed by atoms with Gasteiger partial charge in [0.2, 0.25) is 5.43 Å². The fourth-order valence-corrected chi connectivity index (χ4v) is 4.56. The number of carbonyl (C=O) groups is 1. The maximum atomic E-state index is 15.4. The van der Waals surface area contributed by atoms with Gasteiger partial charge in [-0.1, -0.05) is 12.2 Å². The lowest BCUT2D eigenvalue weighted by Crippen LogP contribution is -2.51. The smallest absolute Gasteiger partial charge is 0.343 e. The first-order chi connectivity index (χ1) is 14.1. The molecule has 1 aromatic heterocycles. The van der Waals surface area contributed by atoms with Crippen LogP contribution >= 0.6 is 0 Å². The predicted octanol–water partition coefficient (Wildman–Crippen LogP) is 2.85. The third-order valence-electron chi connectivity index (χ3n) is 6.04. The summed E-state index contributed by atoms with van der Waals surface area (Å²) in [7, 11) is 0. The number of anilines is 1. The number of nitrogens with zero attached hydrogens (tertiary/aromatic N) is 2. The molecular weight excluding hydrogens is 373 g/mol. The van der Waals surface area contributed by atoms with E-state index in [9.17, 15) is 9.59 Å². The number of rotatable bonds is 3. The molecule has 0 spiro atoms. The molecule has 152 valence electrons. The van der Waals surface area contributed by atoms with Crippen LogP contribution in [0.1, 0.15) is 48.1 Å². The van der Waals surface area contributed by atoms with Gasteiger partial charge in [-0.15, -0.1) is 0 Å². The average Bonchev–Trinajstić information content (AvgIpc) is 3.55. The molecule has 1 saturated carbocycles. The Morgan fingerprint density at radius 3 is 2.93 bits per heavy atom. The number of fused-ring (bicyclic) bond motifs is 5. The summed E-state index contributed by atoms with van der Waals surface area (Å²) in [5.74, 6) is -1.06. The van der Waals surface area contributed by atoms with Crippen LogP contribution in [0, 0.1) is 5.82 Å². The van der Waals surface area contributed by atoms with Gasteiger partial charge in [0.1, 0.15) is 11.4 Å². The van der Waals surface area contributed by atoms with E-state index in [1.807, 2.05) is 10.6 Å². The van der Waals surface area contributed by atoms with Crippen LogP contribution in [-0.4, -0.2) is 42.8 Å². The number of ether oxygens (including phenoxy) is 1. The summed E-state index contributed by atoms with van der Waals surface area (Å²) >= 11 is 0. The van der Waals surface area contributed by atoms with Gasteiger partial charge < -0.3 is 19.5 Å². The van der Waals surface area contributed by atoms with Crippen LogP contribution in [0.3, 0.4) is 0 Å². The Morgan fingerprint density at radius 2 is 2.17 bits per heavy atom. The molecule has 2 aliphatic heterocycles. The highest BCUT2D eigenvalue weighted by Gasteiger charge is 2.33. The zero-order valence-electron chi connectivity index (χ0n) is 16.4. The van der Waals surface area contributed by atoms with Crippen LogP contribution < -0.4 is 15.6 Å². The maximum Gasteiger partial charge on any atom is 0.343 e. The van der Waals surface area contributed by atoms with E-state index < -0.39 is 17.2 Å². The summed E-state index contributed by atoms with van der Waals surface area (Å²) in [5.41, 5.74) is 1.53. The van der Waals surface area contributed by atoms with Crippen LogP contribution in [0.25, 0.3) is 17.0 Å². The summed E-state index contributed by atoms with van der Waals surface area (Å²) in [4.78, 5) is 27.6. The molecule has 0 unspecified atom stereocenters. The van der Waals surface area contributed by atoms with E-state index in [-0.39, 0.29) is 29.6 Å². The summed E-state index contributed by atoms with van der Waals surface area (Å²) in [6, 6.07) is 1.72. The quantitative estimate of drug-likeness (QED) is 0.807. The van der Waals surface area contributed by atoms with Crippen LogP contribution in [0.15, 0.2) is 23.1 Å². The molecule has 1 atom stereocenters. The van der Waals surface area contributed by atoms with E-state index in [1.54, 1.807) is 13.1 Å². The normalized spacial score (nSPS) is 20.9. The third-order valence-corrected chi connectivity index (χ3v) is 6.04. The second kappa shape index (κ2) is 6.99. The van der Waals surface area contributed by atoms with Gasteiger partial charge in [-0.05, 0) is 32.3 Å². The number of benzene rings is 1. The van der Waals surface area contributed by atoms with E-state index in [1.165, 1.54) is 6.07 Å². The highest BCUT2D eigenvalue weighted by atomic mass is 19.1. The number of piperazine rings is 1. The van der Waals surface area contributed by atoms with Crippen LogP contribution in [-0.2, 0) is 4.74 Å².